The SMILES string of the molecule is Cc1cc(F)ccc1C1CN(C(=O)c2ccc3cc[nH]c3c2)CCC1C(=O)N(C)Cc1cc(C(F)(F)F)cc(C(F)(F)F)c1. The summed E-state index contributed by atoms with van der Waals surface area (Å²) < 4.78 is 94.4. The van der Waals surface area contributed by atoms with Crippen molar-refractivity contribution in [1.29, 1.82) is 0 Å². The number of likely N-dealkylation sites (tertiary alicyclic amines) is 1. The summed E-state index contributed by atoms with van der Waals surface area (Å²) in [6, 6.07) is 12.4. The van der Waals surface area contributed by atoms with Crippen molar-refractivity contribution in [3.8, 4) is 0 Å². The van der Waals surface area contributed by atoms with E-state index in [4.69, 9.17) is 0 Å². The van der Waals surface area contributed by atoms with E-state index in [0.29, 0.717) is 28.8 Å². The number of benzene rings is 3. The summed E-state index contributed by atoms with van der Waals surface area (Å²) in [6.45, 7) is 1.45. The lowest BCUT2D eigenvalue weighted by atomic mass is 9.78. The molecular formula is C32H28F7N3O2. The molecule has 12 heteroatoms. The number of fused-ring (bicyclic) bond motifs is 1. The van der Waals surface area contributed by atoms with Crippen LogP contribution < -0.4 is 0 Å². The maximum atomic E-state index is 14.0. The first-order chi connectivity index (χ1) is 20.6. The van der Waals surface area contributed by atoms with Crippen LogP contribution in [0, 0.1) is 18.7 Å². The molecular weight excluding hydrogens is 591 g/mol. The molecule has 4 aromatic rings. The summed E-state index contributed by atoms with van der Waals surface area (Å²) in [7, 11) is 1.31. The Bertz CT molecular complexity index is 1680. The van der Waals surface area contributed by atoms with Crippen molar-refractivity contribution >= 4 is 22.7 Å². The molecule has 0 saturated carbocycles. The molecule has 2 amide bonds. The minimum Gasteiger partial charge on any atom is -0.361 e. The van der Waals surface area contributed by atoms with Gasteiger partial charge in [0, 0.05) is 55.8 Å². The summed E-state index contributed by atoms with van der Waals surface area (Å²) in [5, 5.41) is 0.928. The molecule has 1 N–H and O–H groups in total. The van der Waals surface area contributed by atoms with Gasteiger partial charge in [-0.15, -0.1) is 0 Å². The minimum atomic E-state index is -5.02. The van der Waals surface area contributed by atoms with Gasteiger partial charge in [-0.25, -0.2) is 4.39 Å². The monoisotopic (exact) mass is 619 g/mol. The first kappa shape index (κ1) is 31.1. The fourth-order valence-electron chi connectivity index (χ4n) is 5.91. The van der Waals surface area contributed by atoms with Gasteiger partial charge in [-0.05, 0) is 84.0 Å². The first-order valence-electron chi connectivity index (χ1n) is 13.8. The number of H-pyrrole nitrogens is 1. The van der Waals surface area contributed by atoms with Crippen molar-refractivity contribution in [3.05, 3.63) is 106 Å². The van der Waals surface area contributed by atoms with Crippen LogP contribution in [-0.2, 0) is 23.7 Å². The smallest absolute Gasteiger partial charge is 0.361 e. The maximum Gasteiger partial charge on any atom is 0.416 e. The molecule has 0 spiro atoms. The zero-order valence-electron chi connectivity index (χ0n) is 23.7. The number of rotatable bonds is 5. The summed E-state index contributed by atoms with van der Waals surface area (Å²) in [6.07, 6.45) is -8.11. The molecule has 1 aromatic heterocycles. The van der Waals surface area contributed by atoms with Crippen LogP contribution in [-0.4, -0.2) is 46.7 Å². The maximum absolute atomic E-state index is 14.0. The quantitative estimate of drug-likeness (QED) is 0.235. The number of aryl methyl sites for hydroxylation is 1. The highest BCUT2D eigenvalue weighted by molar-refractivity contribution is 5.98. The van der Waals surface area contributed by atoms with E-state index < -0.39 is 53.6 Å². The summed E-state index contributed by atoms with van der Waals surface area (Å²) in [4.78, 5) is 33.1. The average Bonchev–Trinajstić information content (AvgIpc) is 3.43. The number of aromatic nitrogens is 1. The molecule has 5 nitrogen and oxygen atoms in total. The molecule has 0 aliphatic carbocycles. The van der Waals surface area contributed by atoms with Crippen molar-refractivity contribution < 1.29 is 40.3 Å². The van der Waals surface area contributed by atoms with Crippen LogP contribution in [0.15, 0.2) is 66.9 Å². The number of aromatic amines is 1. The second-order valence-electron chi connectivity index (χ2n) is 11.1. The van der Waals surface area contributed by atoms with Crippen LogP contribution >= 0.6 is 0 Å². The molecule has 1 saturated heterocycles. The van der Waals surface area contributed by atoms with Crippen molar-refractivity contribution in [3.63, 3.8) is 0 Å². The molecule has 3 aromatic carbocycles. The van der Waals surface area contributed by atoms with E-state index >= 15 is 0 Å². The third-order valence-corrected chi connectivity index (χ3v) is 8.09. The zero-order chi connectivity index (χ0) is 32.0. The number of nitrogens with one attached hydrogen (secondary N) is 1. The fraction of sp³-hybridized carbons (Fsp3) is 0.312. The van der Waals surface area contributed by atoms with E-state index in [1.165, 1.54) is 25.2 Å². The third kappa shape index (κ3) is 6.44. The van der Waals surface area contributed by atoms with E-state index in [-0.39, 0.29) is 37.0 Å². The molecule has 5 rings (SSSR count). The highest BCUT2D eigenvalue weighted by atomic mass is 19.4. The Morgan fingerprint density at radius 1 is 0.932 bits per heavy atom. The number of nitrogens with zero attached hydrogens (tertiary/aromatic N) is 2. The normalized spacial score (nSPS) is 17.6. The lowest BCUT2D eigenvalue weighted by Crippen LogP contribution is -2.47. The summed E-state index contributed by atoms with van der Waals surface area (Å²) >= 11 is 0. The average molecular weight is 620 g/mol. The largest absolute Gasteiger partial charge is 0.416 e. The van der Waals surface area contributed by atoms with Gasteiger partial charge in [-0.2, -0.15) is 26.3 Å². The summed E-state index contributed by atoms with van der Waals surface area (Å²) in [5.74, 6) is -2.64. The summed E-state index contributed by atoms with van der Waals surface area (Å²) in [5.41, 5.74) is -0.887. The molecule has 1 fully saturated rings. The molecule has 44 heavy (non-hydrogen) atoms. The highest BCUT2D eigenvalue weighted by Crippen LogP contribution is 2.38. The van der Waals surface area contributed by atoms with Gasteiger partial charge in [0.25, 0.3) is 5.91 Å². The second-order valence-corrected chi connectivity index (χ2v) is 11.1. The molecule has 2 heterocycles. The van der Waals surface area contributed by atoms with Crippen molar-refractivity contribution in [1.82, 2.24) is 14.8 Å². The van der Waals surface area contributed by atoms with Gasteiger partial charge in [0.15, 0.2) is 0 Å². The van der Waals surface area contributed by atoms with Crippen LogP contribution in [0.5, 0.6) is 0 Å². The van der Waals surface area contributed by atoms with Crippen molar-refractivity contribution in [2.45, 2.75) is 38.2 Å². The van der Waals surface area contributed by atoms with Crippen LogP contribution in [0.1, 0.15) is 50.5 Å². The van der Waals surface area contributed by atoms with Crippen LogP contribution in [0.4, 0.5) is 30.7 Å². The van der Waals surface area contributed by atoms with E-state index in [9.17, 15) is 40.3 Å². The van der Waals surface area contributed by atoms with Gasteiger partial charge >= 0.3 is 12.4 Å². The predicted octanol–water partition coefficient (Wildman–Crippen LogP) is 7.56. The number of amides is 2. The number of carbonyl (C=O) groups is 2. The van der Waals surface area contributed by atoms with Crippen molar-refractivity contribution in [2.24, 2.45) is 5.92 Å². The highest BCUT2D eigenvalue weighted by Gasteiger charge is 2.40. The standard InChI is InChI=1S/C32H28F7N3O2/c1-18-11-24(33)5-6-25(18)27-17-42(29(43)21-4-3-20-7-9-40-28(20)14-21)10-8-26(27)30(44)41(2)16-19-12-22(31(34,35)36)15-23(13-19)32(37,38)39/h3-7,9,11-15,26-27,40H,8,10,16-17H2,1-2H3. The van der Waals surface area contributed by atoms with Gasteiger partial charge in [0.1, 0.15) is 5.82 Å². The van der Waals surface area contributed by atoms with Gasteiger partial charge in [0.05, 0.1) is 11.1 Å². The zero-order valence-corrected chi connectivity index (χ0v) is 23.7. The molecule has 0 bridgehead atoms. The Labute approximate surface area is 248 Å². The topological polar surface area (TPSA) is 56.4 Å². The number of halogens is 7. The lowest BCUT2D eigenvalue weighted by molar-refractivity contribution is -0.143. The van der Waals surface area contributed by atoms with Gasteiger partial charge in [-0.1, -0.05) is 12.1 Å². The van der Waals surface area contributed by atoms with Crippen LogP contribution in [0.3, 0.4) is 0 Å². The van der Waals surface area contributed by atoms with E-state index in [1.807, 2.05) is 12.1 Å². The Hall–Kier alpha value is -4.35. The second kappa shape index (κ2) is 11.6. The number of piperidine rings is 1. The molecule has 2 unspecified atom stereocenters. The molecule has 0 radical (unpaired) electrons. The number of alkyl halides is 6. The van der Waals surface area contributed by atoms with Crippen LogP contribution in [0.25, 0.3) is 10.9 Å². The fourth-order valence-corrected chi connectivity index (χ4v) is 5.91. The molecule has 1 aliphatic heterocycles. The van der Waals surface area contributed by atoms with E-state index in [0.717, 1.165) is 15.8 Å². The number of carbonyl (C=O) groups excluding carboxylic acids is 2. The Kier molecular flexibility index (Phi) is 8.21. The minimum absolute atomic E-state index is 0.0406. The lowest BCUT2D eigenvalue weighted by Gasteiger charge is -2.40. The predicted molar refractivity (Wildman–Crippen MR) is 149 cm³/mol. The van der Waals surface area contributed by atoms with E-state index in [2.05, 4.69) is 4.98 Å². The van der Waals surface area contributed by atoms with Crippen molar-refractivity contribution in [2.75, 3.05) is 20.1 Å². The van der Waals surface area contributed by atoms with Gasteiger partial charge < -0.3 is 14.8 Å². The van der Waals surface area contributed by atoms with Gasteiger partial charge in [0.2, 0.25) is 5.91 Å². The Balaban J connectivity index is 1.43. The molecule has 1 aliphatic rings. The first-order valence-corrected chi connectivity index (χ1v) is 13.8. The number of hydrogen-bond acceptors (Lipinski definition) is 2. The number of hydrogen-bond donors (Lipinski definition) is 1. The Morgan fingerprint density at radius 3 is 2.25 bits per heavy atom. The third-order valence-electron chi connectivity index (χ3n) is 8.09. The molecule has 2 atom stereocenters. The Morgan fingerprint density at radius 2 is 1.61 bits per heavy atom. The molecule has 232 valence electrons. The van der Waals surface area contributed by atoms with Gasteiger partial charge in [-0.3, -0.25) is 9.59 Å². The van der Waals surface area contributed by atoms with Crippen LogP contribution in [0.2, 0.25) is 0 Å². The van der Waals surface area contributed by atoms with E-state index in [1.54, 1.807) is 30.2 Å².